The zero-order chi connectivity index (χ0) is 21.6. The summed E-state index contributed by atoms with van der Waals surface area (Å²) >= 11 is 0. The number of nitrogens with two attached hydrogens (primary N) is 1. The van der Waals surface area contributed by atoms with Gasteiger partial charge in [-0.25, -0.2) is 20.4 Å². The molecule has 1 aliphatic rings. The van der Waals surface area contributed by atoms with Gasteiger partial charge in [0.25, 0.3) is 5.91 Å². The van der Waals surface area contributed by atoms with E-state index >= 15 is 0 Å². The van der Waals surface area contributed by atoms with Crippen molar-refractivity contribution >= 4 is 17.3 Å². The van der Waals surface area contributed by atoms with Crippen molar-refractivity contribution in [3.63, 3.8) is 0 Å². The van der Waals surface area contributed by atoms with Gasteiger partial charge in [-0.2, -0.15) is 0 Å². The molecule has 4 rings (SSSR count). The third-order valence-corrected chi connectivity index (χ3v) is 5.10. The van der Waals surface area contributed by atoms with E-state index in [9.17, 15) is 4.79 Å². The standard InChI is InChI=1S/C23H26N6O2/c1-16(28-29-12-14-31-15-13-29)22-25-11-10-20(26-22)17-6-8-18(9-7-17)23(30)27-21-5-3-2-4-19(21)24/h2-11,16,28H,12-15,24H2,1H3,(H,27,30). The first-order chi connectivity index (χ1) is 15.1. The van der Waals surface area contributed by atoms with Gasteiger partial charge in [0, 0.05) is 30.4 Å². The average molecular weight is 419 g/mol. The van der Waals surface area contributed by atoms with Crippen molar-refractivity contribution in [3.05, 3.63) is 72.2 Å². The van der Waals surface area contributed by atoms with Gasteiger partial charge in [0.1, 0.15) is 5.82 Å². The van der Waals surface area contributed by atoms with Crippen LogP contribution >= 0.6 is 0 Å². The highest BCUT2D eigenvalue weighted by Gasteiger charge is 2.16. The molecule has 8 heteroatoms. The lowest BCUT2D eigenvalue weighted by atomic mass is 10.1. The number of morpholine rings is 1. The van der Waals surface area contributed by atoms with Gasteiger partial charge in [-0.1, -0.05) is 24.3 Å². The first kappa shape index (κ1) is 20.9. The SMILES string of the molecule is CC(NN1CCOCC1)c1nccc(-c2ccc(C(=O)Nc3ccccc3N)cc2)n1. The molecule has 0 radical (unpaired) electrons. The van der Waals surface area contributed by atoms with Crippen molar-refractivity contribution in [1.82, 2.24) is 20.4 Å². The van der Waals surface area contributed by atoms with Gasteiger partial charge in [0.05, 0.1) is 36.3 Å². The zero-order valence-electron chi connectivity index (χ0n) is 17.4. The summed E-state index contributed by atoms with van der Waals surface area (Å²) in [6.45, 7) is 5.15. The Labute approximate surface area is 181 Å². The molecule has 0 spiro atoms. The Hall–Kier alpha value is -3.33. The molecule has 1 atom stereocenters. The highest BCUT2D eigenvalue weighted by molar-refractivity contribution is 6.05. The smallest absolute Gasteiger partial charge is 0.255 e. The number of nitrogens with one attached hydrogen (secondary N) is 2. The fraction of sp³-hybridized carbons (Fsp3) is 0.261. The van der Waals surface area contributed by atoms with E-state index in [1.54, 1.807) is 30.5 Å². The quantitative estimate of drug-likeness (QED) is 0.529. The Balaban J connectivity index is 1.44. The van der Waals surface area contributed by atoms with Gasteiger partial charge < -0.3 is 15.8 Å². The molecule has 2 aromatic carbocycles. The van der Waals surface area contributed by atoms with Gasteiger partial charge in [-0.15, -0.1) is 0 Å². The fourth-order valence-electron chi connectivity index (χ4n) is 3.36. The number of hydrogen-bond donors (Lipinski definition) is 3. The van der Waals surface area contributed by atoms with Crippen LogP contribution in [0.4, 0.5) is 11.4 Å². The number of rotatable bonds is 6. The number of amides is 1. The normalized spacial score (nSPS) is 15.4. The van der Waals surface area contributed by atoms with E-state index in [0.717, 1.165) is 37.6 Å². The maximum atomic E-state index is 12.5. The molecular formula is C23H26N6O2. The number of hydrazine groups is 1. The monoisotopic (exact) mass is 418 g/mol. The van der Waals surface area contributed by atoms with E-state index < -0.39 is 0 Å². The highest BCUT2D eigenvalue weighted by atomic mass is 16.5. The molecule has 1 aliphatic heterocycles. The number of hydrogen-bond acceptors (Lipinski definition) is 7. The molecule has 1 saturated heterocycles. The Morgan fingerprint density at radius 3 is 2.58 bits per heavy atom. The third-order valence-electron chi connectivity index (χ3n) is 5.10. The predicted molar refractivity (Wildman–Crippen MR) is 120 cm³/mol. The molecule has 2 heterocycles. The molecule has 31 heavy (non-hydrogen) atoms. The third kappa shape index (κ3) is 5.24. The van der Waals surface area contributed by atoms with Crippen molar-refractivity contribution in [3.8, 4) is 11.3 Å². The lowest BCUT2D eigenvalue weighted by Gasteiger charge is -2.29. The number of carbonyl (C=O) groups is 1. The fourth-order valence-corrected chi connectivity index (χ4v) is 3.36. The molecule has 1 aromatic heterocycles. The summed E-state index contributed by atoms with van der Waals surface area (Å²) in [5.74, 6) is 0.501. The van der Waals surface area contributed by atoms with Crippen LogP contribution in [0.1, 0.15) is 29.1 Å². The summed E-state index contributed by atoms with van der Waals surface area (Å²) in [5.41, 5.74) is 12.7. The van der Waals surface area contributed by atoms with Crippen molar-refractivity contribution < 1.29 is 9.53 Å². The minimum Gasteiger partial charge on any atom is -0.397 e. The van der Waals surface area contributed by atoms with Crippen LogP contribution < -0.4 is 16.5 Å². The van der Waals surface area contributed by atoms with Crippen molar-refractivity contribution in [1.29, 1.82) is 0 Å². The average Bonchev–Trinajstić information content (AvgIpc) is 2.81. The molecular weight excluding hydrogens is 392 g/mol. The highest BCUT2D eigenvalue weighted by Crippen LogP contribution is 2.21. The van der Waals surface area contributed by atoms with Crippen LogP contribution in [-0.2, 0) is 4.74 Å². The van der Waals surface area contributed by atoms with Crippen LogP contribution in [-0.4, -0.2) is 47.2 Å². The van der Waals surface area contributed by atoms with Crippen LogP contribution in [0.3, 0.4) is 0 Å². The molecule has 0 saturated carbocycles. The molecule has 3 aromatic rings. The first-order valence-corrected chi connectivity index (χ1v) is 10.3. The Morgan fingerprint density at radius 1 is 1.10 bits per heavy atom. The molecule has 8 nitrogen and oxygen atoms in total. The van der Waals surface area contributed by atoms with E-state index in [1.165, 1.54) is 0 Å². The maximum absolute atomic E-state index is 12.5. The number of nitrogens with zero attached hydrogens (tertiary/aromatic N) is 3. The molecule has 0 bridgehead atoms. The maximum Gasteiger partial charge on any atom is 0.255 e. The molecule has 1 fully saturated rings. The summed E-state index contributed by atoms with van der Waals surface area (Å²) in [4.78, 5) is 21.7. The van der Waals surface area contributed by atoms with Crippen molar-refractivity contribution in [2.75, 3.05) is 37.4 Å². The van der Waals surface area contributed by atoms with E-state index in [0.29, 0.717) is 22.8 Å². The lowest BCUT2D eigenvalue weighted by Crippen LogP contribution is -2.46. The summed E-state index contributed by atoms with van der Waals surface area (Å²) in [5, 5.41) is 4.97. The lowest BCUT2D eigenvalue weighted by molar-refractivity contribution is 0.00418. The van der Waals surface area contributed by atoms with Gasteiger partial charge in [0.2, 0.25) is 0 Å². The van der Waals surface area contributed by atoms with Crippen molar-refractivity contribution in [2.24, 2.45) is 0 Å². The van der Waals surface area contributed by atoms with Gasteiger partial charge >= 0.3 is 0 Å². The van der Waals surface area contributed by atoms with Crippen molar-refractivity contribution in [2.45, 2.75) is 13.0 Å². The number of para-hydroxylation sites is 2. The largest absolute Gasteiger partial charge is 0.397 e. The van der Waals surface area contributed by atoms with E-state index in [4.69, 9.17) is 15.5 Å². The second kappa shape index (κ2) is 9.65. The van der Waals surface area contributed by atoms with Gasteiger partial charge in [-0.05, 0) is 37.3 Å². The summed E-state index contributed by atoms with van der Waals surface area (Å²) in [6.07, 6.45) is 1.76. The van der Waals surface area contributed by atoms with E-state index in [-0.39, 0.29) is 11.9 Å². The second-order valence-electron chi connectivity index (χ2n) is 7.37. The minimum absolute atomic E-state index is 0.0283. The van der Waals surface area contributed by atoms with Crippen LogP contribution in [0.15, 0.2) is 60.8 Å². The summed E-state index contributed by atoms with van der Waals surface area (Å²) in [6, 6.07) is 16.3. The molecule has 4 N–H and O–H groups in total. The molecule has 1 amide bonds. The van der Waals surface area contributed by atoms with Gasteiger partial charge in [0.15, 0.2) is 0 Å². The number of aromatic nitrogens is 2. The number of benzene rings is 2. The number of nitrogen functional groups attached to an aromatic ring is 1. The molecule has 1 unspecified atom stereocenters. The second-order valence-corrected chi connectivity index (χ2v) is 7.37. The van der Waals surface area contributed by atoms with E-state index in [2.05, 4.69) is 20.7 Å². The minimum atomic E-state index is -0.212. The Bertz CT molecular complexity index is 1030. The zero-order valence-corrected chi connectivity index (χ0v) is 17.4. The molecule has 0 aliphatic carbocycles. The first-order valence-electron chi connectivity index (χ1n) is 10.3. The topological polar surface area (TPSA) is 105 Å². The Morgan fingerprint density at radius 2 is 1.84 bits per heavy atom. The van der Waals surface area contributed by atoms with Crippen LogP contribution in [0.5, 0.6) is 0 Å². The number of anilines is 2. The van der Waals surface area contributed by atoms with Crippen LogP contribution in [0, 0.1) is 0 Å². The van der Waals surface area contributed by atoms with Crippen LogP contribution in [0.25, 0.3) is 11.3 Å². The molecule has 160 valence electrons. The Kier molecular flexibility index (Phi) is 6.51. The number of ether oxygens (including phenoxy) is 1. The summed E-state index contributed by atoms with van der Waals surface area (Å²) < 4.78 is 5.38. The van der Waals surface area contributed by atoms with Gasteiger partial charge in [-0.3, -0.25) is 4.79 Å². The van der Waals surface area contributed by atoms with Crippen LogP contribution in [0.2, 0.25) is 0 Å². The number of carbonyl (C=O) groups excluding carboxylic acids is 1. The van der Waals surface area contributed by atoms with E-state index in [1.807, 2.05) is 37.3 Å². The summed E-state index contributed by atoms with van der Waals surface area (Å²) in [7, 11) is 0. The predicted octanol–water partition coefficient (Wildman–Crippen LogP) is 2.88.